The molecule has 1 aromatic rings. The van der Waals surface area contributed by atoms with Crippen LogP contribution >= 0.6 is 0 Å². The molecule has 7 heteroatoms. The average Bonchev–Trinajstić information content (AvgIpc) is 2.75. The number of nitrogens with zero attached hydrogens (tertiary/aromatic N) is 3. The van der Waals surface area contributed by atoms with Crippen molar-refractivity contribution in [2.24, 2.45) is 7.05 Å². The number of aliphatic hydroxyl groups excluding tert-OH is 1. The molecule has 1 aliphatic heterocycles. The first-order chi connectivity index (χ1) is 6.75. The van der Waals surface area contributed by atoms with Gasteiger partial charge in [0.1, 0.15) is 0 Å². The van der Waals surface area contributed by atoms with Crippen molar-refractivity contribution in [2.75, 3.05) is 6.54 Å². The second-order valence-electron chi connectivity index (χ2n) is 3.41. The van der Waals surface area contributed by atoms with Gasteiger partial charge in [0.2, 0.25) is 0 Å². The standard InChI is InChI=1S/C7H14N6O/c1-13-4-5(9-12-13)2-7(14)6-3-8-11-10-6/h4,6-8,10-11,14H,2-3H2,1H3. The Morgan fingerprint density at radius 3 is 3.21 bits per heavy atom. The maximum atomic E-state index is 9.79. The molecule has 2 atom stereocenters. The summed E-state index contributed by atoms with van der Waals surface area (Å²) in [6.07, 6.45) is 1.85. The quantitative estimate of drug-likeness (QED) is 0.437. The molecule has 2 heterocycles. The van der Waals surface area contributed by atoms with E-state index in [4.69, 9.17) is 0 Å². The summed E-state index contributed by atoms with van der Waals surface area (Å²) in [6, 6.07) is 0.0111. The van der Waals surface area contributed by atoms with E-state index in [0.717, 1.165) is 5.69 Å². The first-order valence-corrected chi connectivity index (χ1v) is 4.52. The lowest BCUT2D eigenvalue weighted by Crippen LogP contribution is -2.41. The van der Waals surface area contributed by atoms with Crippen molar-refractivity contribution >= 4 is 0 Å². The molecular weight excluding hydrogens is 184 g/mol. The lowest BCUT2D eigenvalue weighted by Gasteiger charge is -2.14. The van der Waals surface area contributed by atoms with Crippen LogP contribution in [0.1, 0.15) is 5.69 Å². The number of aryl methyl sites for hydroxylation is 1. The molecule has 0 spiro atoms. The highest BCUT2D eigenvalue weighted by molar-refractivity contribution is 4.97. The highest BCUT2D eigenvalue weighted by atomic mass is 16.3. The van der Waals surface area contributed by atoms with Gasteiger partial charge in [-0.3, -0.25) is 4.68 Å². The van der Waals surface area contributed by atoms with Crippen LogP contribution in [0.3, 0.4) is 0 Å². The van der Waals surface area contributed by atoms with Crippen LogP contribution in [0.15, 0.2) is 6.20 Å². The summed E-state index contributed by atoms with van der Waals surface area (Å²) in [5.41, 5.74) is 9.34. The van der Waals surface area contributed by atoms with Gasteiger partial charge in [-0.05, 0) is 0 Å². The van der Waals surface area contributed by atoms with Crippen molar-refractivity contribution < 1.29 is 5.11 Å². The summed E-state index contributed by atoms with van der Waals surface area (Å²) in [7, 11) is 1.81. The number of hydrogen-bond acceptors (Lipinski definition) is 6. The fourth-order valence-electron chi connectivity index (χ4n) is 1.43. The predicted molar refractivity (Wildman–Crippen MR) is 48.8 cm³/mol. The lowest BCUT2D eigenvalue weighted by molar-refractivity contribution is 0.137. The average molecular weight is 198 g/mol. The molecule has 4 N–H and O–H groups in total. The van der Waals surface area contributed by atoms with E-state index in [1.165, 1.54) is 0 Å². The summed E-state index contributed by atoms with van der Waals surface area (Å²) >= 11 is 0. The Hall–Kier alpha value is -1.02. The molecule has 78 valence electrons. The summed E-state index contributed by atoms with van der Waals surface area (Å²) in [5, 5.41) is 17.5. The number of hydrogen-bond donors (Lipinski definition) is 4. The zero-order chi connectivity index (χ0) is 9.97. The topological polar surface area (TPSA) is 87.0 Å². The van der Waals surface area contributed by atoms with Gasteiger partial charge in [0.05, 0.1) is 17.8 Å². The van der Waals surface area contributed by atoms with Crippen molar-refractivity contribution in [1.82, 2.24) is 31.4 Å². The Bertz CT molecular complexity index is 294. The van der Waals surface area contributed by atoms with E-state index < -0.39 is 6.10 Å². The summed E-state index contributed by atoms with van der Waals surface area (Å²) in [5.74, 6) is 0. The van der Waals surface area contributed by atoms with Gasteiger partial charge in [-0.2, -0.15) is 5.53 Å². The van der Waals surface area contributed by atoms with Gasteiger partial charge in [-0.1, -0.05) is 5.21 Å². The van der Waals surface area contributed by atoms with Crippen molar-refractivity contribution in [3.63, 3.8) is 0 Å². The molecule has 1 aliphatic rings. The molecule has 0 bridgehead atoms. The van der Waals surface area contributed by atoms with Crippen LogP contribution in [0.5, 0.6) is 0 Å². The lowest BCUT2D eigenvalue weighted by atomic mass is 10.1. The normalized spacial score (nSPS) is 24.0. The van der Waals surface area contributed by atoms with E-state index in [0.29, 0.717) is 13.0 Å². The molecule has 0 amide bonds. The predicted octanol–water partition coefficient (Wildman–Crippen LogP) is -2.30. The number of rotatable bonds is 3. The third-order valence-electron chi connectivity index (χ3n) is 2.20. The fourth-order valence-corrected chi connectivity index (χ4v) is 1.43. The van der Waals surface area contributed by atoms with E-state index >= 15 is 0 Å². The van der Waals surface area contributed by atoms with E-state index in [1.807, 2.05) is 0 Å². The van der Waals surface area contributed by atoms with Crippen molar-refractivity contribution in [1.29, 1.82) is 0 Å². The molecule has 0 aromatic carbocycles. The Balaban J connectivity index is 1.90. The Kier molecular flexibility index (Phi) is 2.73. The molecule has 1 aromatic heterocycles. The van der Waals surface area contributed by atoms with Crippen molar-refractivity contribution in [3.8, 4) is 0 Å². The number of aromatic nitrogens is 3. The van der Waals surface area contributed by atoms with Gasteiger partial charge in [0, 0.05) is 26.2 Å². The van der Waals surface area contributed by atoms with Crippen LogP contribution in [0.4, 0.5) is 0 Å². The molecule has 0 saturated carbocycles. The SMILES string of the molecule is Cn1cc(CC(O)C2CNNN2)nn1. The van der Waals surface area contributed by atoms with Gasteiger partial charge in [-0.25, -0.2) is 10.9 Å². The minimum Gasteiger partial charge on any atom is -0.391 e. The zero-order valence-corrected chi connectivity index (χ0v) is 7.94. The molecule has 2 unspecified atom stereocenters. The fraction of sp³-hybridized carbons (Fsp3) is 0.714. The smallest absolute Gasteiger partial charge is 0.0853 e. The molecule has 1 fully saturated rings. The van der Waals surface area contributed by atoms with Gasteiger partial charge < -0.3 is 5.11 Å². The Morgan fingerprint density at radius 2 is 2.64 bits per heavy atom. The Labute approximate surface area is 81.4 Å². The van der Waals surface area contributed by atoms with Gasteiger partial charge >= 0.3 is 0 Å². The highest BCUT2D eigenvalue weighted by Crippen LogP contribution is 2.03. The van der Waals surface area contributed by atoms with Crippen molar-refractivity contribution in [3.05, 3.63) is 11.9 Å². The van der Waals surface area contributed by atoms with E-state index in [2.05, 4.69) is 26.7 Å². The summed E-state index contributed by atoms with van der Waals surface area (Å²) < 4.78 is 1.63. The van der Waals surface area contributed by atoms with Crippen LogP contribution in [0, 0.1) is 0 Å². The molecule has 14 heavy (non-hydrogen) atoms. The third-order valence-corrected chi connectivity index (χ3v) is 2.20. The van der Waals surface area contributed by atoms with Crippen LogP contribution in [-0.2, 0) is 13.5 Å². The third kappa shape index (κ3) is 2.07. The first kappa shape index (κ1) is 9.53. The van der Waals surface area contributed by atoms with E-state index in [9.17, 15) is 5.11 Å². The van der Waals surface area contributed by atoms with Gasteiger partial charge in [-0.15, -0.1) is 5.10 Å². The first-order valence-electron chi connectivity index (χ1n) is 4.52. The molecular formula is C7H14N6O. The van der Waals surface area contributed by atoms with Crippen LogP contribution in [0.2, 0.25) is 0 Å². The van der Waals surface area contributed by atoms with E-state index in [-0.39, 0.29) is 6.04 Å². The zero-order valence-electron chi connectivity index (χ0n) is 7.94. The second kappa shape index (κ2) is 4.01. The summed E-state index contributed by atoms with van der Waals surface area (Å²) in [6.45, 7) is 0.696. The summed E-state index contributed by atoms with van der Waals surface area (Å²) in [4.78, 5) is 0. The van der Waals surface area contributed by atoms with Gasteiger partial charge in [0.15, 0.2) is 0 Å². The van der Waals surface area contributed by atoms with Crippen molar-refractivity contribution in [2.45, 2.75) is 18.6 Å². The second-order valence-corrected chi connectivity index (χ2v) is 3.41. The van der Waals surface area contributed by atoms with E-state index in [1.54, 1.807) is 17.9 Å². The van der Waals surface area contributed by atoms with Crippen LogP contribution < -0.4 is 16.4 Å². The maximum Gasteiger partial charge on any atom is 0.0853 e. The highest BCUT2D eigenvalue weighted by Gasteiger charge is 2.23. The monoisotopic (exact) mass is 198 g/mol. The minimum absolute atomic E-state index is 0.0111. The molecule has 0 aliphatic carbocycles. The molecule has 1 saturated heterocycles. The van der Waals surface area contributed by atoms with Gasteiger partial charge in [0.25, 0.3) is 0 Å². The number of hydrazine groups is 2. The molecule has 2 rings (SSSR count). The number of nitrogens with one attached hydrogen (secondary N) is 3. The van der Waals surface area contributed by atoms with Crippen LogP contribution in [0.25, 0.3) is 0 Å². The van der Waals surface area contributed by atoms with Crippen LogP contribution in [-0.4, -0.2) is 38.8 Å². The molecule has 0 radical (unpaired) electrons. The molecule has 7 nitrogen and oxygen atoms in total. The largest absolute Gasteiger partial charge is 0.391 e. The Morgan fingerprint density at radius 1 is 1.79 bits per heavy atom. The minimum atomic E-state index is -0.464. The number of aliphatic hydroxyl groups is 1. The maximum absolute atomic E-state index is 9.79.